The lowest BCUT2D eigenvalue weighted by atomic mass is 10.1. The standard InChI is InChI=1S/C19H17ClN2O3/c1-12(23)13-5-7-16(8-6-13)21-19(25)14-9-18(24)22(11-14)17-4-2-3-15(20)10-17/h2-8,10,14H,9,11H2,1H3,(H,21,25)/t14-/m1/s1. The minimum Gasteiger partial charge on any atom is -0.326 e. The molecule has 0 saturated carbocycles. The van der Waals surface area contributed by atoms with E-state index >= 15 is 0 Å². The summed E-state index contributed by atoms with van der Waals surface area (Å²) in [4.78, 5) is 37.5. The highest BCUT2D eigenvalue weighted by atomic mass is 35.5. The van der Waals surface area contributed by atoms with Crippen molar-refractivity contribution in [2.24, 2.45) is 5.92 Å². The third-order valence-electron chi connectivity index (χ3n) is 4.17. The Kier molecular flexibility index (Phi) is 4.86. The largest absolute Gasteiger partial charge is 0.326 e. The highest BCUT2D eigenvalue weighted by Gasteiger charge is 2.35. The van der Waals surface area contributed by atoms with Crippen molar-refractivity contribution in [2.75, 3.05) is 16.8 Å². The number of ketones is 1. The second kappa shape index (κ2) is 7.07. The van der Waals surface area contributed by atoms with Crippen LogP contribution in [0, 0.1) is 5.92 Å². The van der Waals surface area contributed by atoms with Gasteiger partial charge in [0.25, 0.3) is 0 Å². The van der Waals surface area contributed by atoms with E-state index < -0.39 is 5.92 Å². The molecule has 1 saturated heterocycles. The Morgan fingerprint density at radius 1 is 1.16 bits per heavy atom. The maximum absolute atomic E-state index is 12.4. The fourth-order valence-corrected chi connectivity index (χ4v) is 2.99. The van der Waals surface area contributed by atoms with Gasteiger partial charge < -0.3 is 10.2 Å². The lowest BCUT2D eigenvalue weighted by Crippen LogP contribution is -2.28. The lowest BCUT2D eigenvalue weighted by molar-refractivity contribution is -0.122. The van der Waals surface area contributed by atoms with Gasteiger partial charge in [0.2, 0.25) is 11.8 Å². The number of Topliss-reactive ketones (excluding diaryl/α,β-unsaturated/α-hetero) is 1. The van der Waals surface area contributed by atoms with Crippen molar-refractivity contribution in [2.45, 2.75) is 13.3 Å². The van der Waals surface area contributed by atoms with E-state index in [1.165, 1.54) is 6.92 Å². The van der Waals surface area contributed by atoms with Gasteiger partial charge in [-0.15, -0.1) is 0 Å². The van der Waals surface area contributed by atoms with Crippen LogP contribution in [0.4, 0.5) is 11.4 Å². The summed E-state index contributed by atoms with van der Waals surface area (Å²) in [6, 6.07) is 13.7. The van der Waals surface area contributed by atoms with E-state index in [-0.39, 0.29) is 24.0 Å². The van der Waals surface area contributed by atoms with Gasteiger partial charge in [-0.2, -0.15) is 0 Å². The number of benzene rings is 2. The van der Waals surface area contributed by atoms with Crippen LogP contribution in [-0.4, -0.2) is 24.1 Å². The Hall–Kier alpha value is -2.66. The molecule has 0 radical (unpaired) electrons. The number of carbonyl (C=O) groups excluding carboxylic acids is 3. The van der Waals surface area contributed by atoms with Crippen molar-refractivity contribution >= 4 is 40.6 Å². The molecule has 0 aromatic heterocycles. The molecule has 1 heterocycles. The second-order valence-electron chi connectivity index (χ2n) is 6.01. The van der Waals surface area contributed by atoms with E-state index in [1.807, 2.05) is 0 Å². The molecule has 0 unspecified atom stereocenters. The lowest BCUT2D eigenvalue weighted by Gasteiger charge is -2.17. The monoisotopic (exact) mass is 356 g/mol. The zero-order chi connectivity index (χ0) is 18.0. The fraction of sp³-hybridized carbons (Fsp3) is 0.211. The fourth-order valence-electron chi connectivity index (χ4n) is 2.81. The first kappa shape index (κ1) is 17.2. The summed E-state index contributed by atoms with van der Waals surface area (Å²) in [7, 11) is 0. The molecule has 25 heavy (non-hydrogen) atoms. The number of anilines is 2. The maximum atomic E-state index is 12.4. The van der Waals surface area contributed by atoms with E-state index in [2.05, 4.69) is 5.32 Å². The van der Waals surface area contributed by atoms with E-state index in [0.29, 0.717) is 28.5 Å². The Balaban J connectivity index is 1.67. The third-order valence-corrected chi connectivity index (χ3v) is 4.41. The smallest absolute Gasteiger partial charge is 0.229 e. The number of rotatable bonds is 4. The van der Waals surface area contributed by atoms with Crippen molar-refractivity contribution in [1.82, 2.24) is 0 Å². The Bertz CT molecular complexity index is 833. The van der Waals surface area contributed by atoms with Crippen LogP contribution >= 0.6 is 11.6 Å². The highest BCUT2D eigenvalue weighted by molar-refractivity contribution is 6.31. The quantitative estimate of drug-likeness (QED) is 0.852. The Morgan fingerprint density at radius 2 is 1.88 bits per heavy atom. The number of halogens is 1. The Morgan fingerprint density at radius 3 is 2.52 bits per heavy atom. The van der Waals surface area contributed by atoms with Gasteiger partial charge in [-0.25, -0.2) is 0 Å². The predicted octanol–water partition coefficient (Wildman–Crippen LogP) is 3.53. The zero-order valence-corrected chi connectivity index (χ0v) is 14.4. The van der Waals surface area contributed by atoms with E-state index in [4.69, 9.17) is 11.6 Å². The number of amides is 2. The van der Waals surface area contributed by atoms with Gasteiger partial charge >= 0.3 is 0 Å². The number of hydrogen-bond donors (Lipinski definition) is 1. The van der Waals surface area contributed by atoms with Crippen LogP contribution in [0.5, 0.6) is 0 Å². The first-order valence-electron chi connectivity index (χ1n) is 7.92. The number of nitrogens with one attached hydrogen (secondary N) is 1. The summed E-state index contributed by atoms with van der Waals surface area (Å²) < 4.78 is 0. The molecule has 1 N–H and O–H groups in total. The maximum Gasteiger partial charge on any atom is 0.229 e. The van der Waals surface area contributed by atoms with Crippen LogP contribution in [0.1, 0.15) is 23.7 Å². The minimum atomic E-state index is -0.432. The molecule has 128 valence electrons. The summed E-state index contributed by atoms with van der Waals surface area (Å²) in [6.45, 7) is 1.80. The van der Waals surface area contributed by atoms with Crippen LogP contribution in [0.25, 0.3) is 0 Å². The molecule has 2 aromatic carbocycles. The normalized spacial score (nSPS) is 16.8. The molecule has 1 atom stereocenters. The second-order valence-corrected chi connectivity index (χ2v) is 6.44. The summed E-state index contributed by atoms with van der Waals surface area (Å²) in [5, 5.41) is 3.34. The minimum absolute atomic E-state index is 0.0311. The van der Waals surface area contributed by atoms with Crippen molar-refractivity contribution < 1.29 is 14.4 Å². The average molecular weight is 357 g/mol. The van der Waals surface area contributed by atoms with Gasteiger partial charge in [-0.1, -0.05) is 17.7 Å². The highest BCUT2D eigenvalue weighted by Crippen LogP contribution is 2.27. The van der Waals surface area contributed by atoms with E-state index in [9.17, 15) is 14.4 Å². The van der Waals surface area contributed by atoms with Crippen LogP contribution in [0.15, 0.2) is 48.5 Å². The first-order chi connectivity index (χ1) is 11.9. The van der Waals surface area contributed by atoms with Crippen molar-refractivity contribution in [3.63, 3.8) is 0 Å². The number of hydrogen-bond acceptors (Lipinski definition) is 3. The van der Waals surface area contributed by atoms with Gasteiger partial charge in [0.1, 0.15) is 0 Å². The summed E-state index contributed by atoms with van der Waals surface area (Å²) in [5.74, 6) is -0.779. The number of carbonyl (C=O) groups is 3. The molecule has 1 fully saturated rings. The van der Waals surface area contributed by atoms with Crippen LogP contribution in [-0.2, 0) is 9.59 Å². The molecule has 2 aromatic rings. The molecule has 0 aliphatic carbocycles. The molecular weight excluding hydrogens is 340 g/mol. The van der Waals surface area contributed by atoms with Gasteiger partial charge in [0, 0.05) is 34.9 Å². The molecule has 1 aliphatic rings. The van der Waals surface area contributed by atoms with E-state index in [1.54, 1.807) is 53.4 Å². The summed E-state index contributed by atoms with van der Waals surface area (Å²) >= 11 is 5.97. The van der Waals surface area contributed by atoms with Crippen LogP contribution < -0.4 is 10.2 Å². The molecule has 1 aliphatic heterocycles. The average Bonchev–Trinajstić information content (AvgIpc) is 2.97. The third kappa shape index (κ3) is 3.88. The Labute approximate surface area is 150 Å². The molecular formula is C19H17ClN2O3. The van der Waals surface area contributed by atoms with Crippen molar-refractivity contribution in [3.05, 3.63) is 59.1 Å². The topological polar surface area (TPSA) is 66.5 Å². The summed E-state index contributed by atoms with van der Waals surface area (Å²) in [6.07, 6.45) is 0.157. The van der Waals surface area contributed by atoms with Crippen molar-refractivity contribution in [3.8, 4) is 0 Å². The van der Waals surface area contributed by atoms with Gasteiger partial charge in [-0.05, 0) is 49.4 Å². The van der Waals surface area contributed by atoms with E-state index in [0.717, 1.165) is 0 Å². The zero-order valence-electron chi connectivity index (χ0n) is 13.7. The first-order valence-corrected chi connectivity index (χ1v) is 8.29. The van der Waals surface area contributed by atoms with Gasteiger partial charge in [-0.3, -0.25) is 14.4 Å². The van der Waals surface area contributed by atoms with Crippen LogP contribution in [0.2, 0.25) is 5.02 Å². The predicted molar refractivity (Wildman–Crippen MR) is 97.0 cm³/mol. The molecule has 3 rings (SSSR count). The van der Waals surface area contributed by atoms with Gasteiger partial charge in [0.05, 0.1) is 5.92 Å². The SMILES string of the molecule is CC(=O)c1ccc(NC(=O)[C@@H]2CC(=O)N(c3cccc(Cl)c3)C2)cc1. The molecule has 0 bridgehead atoms. The molecule has 0 spiro atoms. The number of nitrogens with zero attached hydrogens (tertiary/aromatic N) is 1. The van der Waals surface area contributed by atoms with Gasteiger partial charge in [0.15, 0.2) is 5.78 Å². The summed E-state index contributed by atoms with van der Waals surface area (Å²) in [5.41, 5.74) is 1.88. The van der Waals surface area contributed by atoms with Crippen molar-refractivity contribution in [1.29, 1.82) is 0 Å². The van der Waals surface area contributed by atoms with Crippen LogP contribution in [0.3, 0.4) is 0 Å². The molecule has 5 nitrogen and oxygen atoms in total. The molecule has 2 amide bonds. The molecule has 6 heteroatoms.